The molecule has 9 heavy (non-hydrogen) atoms. The van der Waals surface area contributed by atoms with E-state index in [1.54, 1.807) is 0 Å². The quantitative estimate of drug-likeness (QED) is 0.504. The van der Waals surface area contributed by atoms with Crippen LogP contribution in [0.1, 0.15) is 27.7 Å². The summed E-state index contributed by atoms with van der Waals surface area (Å²) in [4.78, 5) is 0. The van der Waals surface area contributed by atoms with Crippen molar-refractivity contribution in [2.45, 2.75) is 27.7 Å². The summed E-state index contributed by atoms with van der Waals surface area (Å²) in [7, 11) is 0. The molecule has 1 heterocycles. The van der Waals surface area contributed by atoms with Gasteiger partial charge in [0.05, 0.1) is 0 Å². The molecular weight excluding hydrogens is 128 g/mol. The third kappa shape index (κ3) is 1.12. The predicted octanol–water partition coefficient (Wildman–Crippen LogP) is 2.79. The molecule has 0 atom stereocenters. The van der Waals surface area contributed by atoms with E-state index in [9.17, 15) is 0 Å². The first-order chi connectivity index (χ1) is 3.96. The van der Waals surface area contributed by atoms with Crippen molar-refractivity contribution < 1.29 is 0 Å². The van der Waals surface area contributed by atoms with E-state index in [1.165, 1.54) is 11.5 Å². The minimum absolute atomic E-state index is 0.512. The molecule has 0 spiro atoms. The van der Waals surface area contributed by atoms with E-state index in [0.29, 0.717) is 10.8 Å². The summed E-state index contributed by atoms with van der Waals surface area (Å²) in [6, 6.07) is 0. The first-order valence-electron chi connectivity index (χ1n) is 3.53. The van der Waals surface area contributed by atoms with E-state index in [1.807, 2.05) is 0 Å². The molecule has 1 saturated heterocycles. The molecule has 1 heteroatoms. The molecule has 0 amide bonds. The Kier molecular flexibility index (Phi) is 1.59. The van der Waals surface area contributed by atoms with Crippen molar-refractivity contribution >= 4 is 11.8 Å². The molecule has 0 nitrogen and oxygen atoms in total. The average molecular weight is 144 g/mol. The van der Waals surface area contributed by atoms with Crippen LogP contribution in [0.15, 0.2) is 0 Å². The van der Waals surface area contributed by atoms with Gasteiger partial charge >= 0.3 is 0 Å². The summed E-state index contributed by atoms with van der Waals surface area (Å²) < 4.78 is 0. The van der Waals surface area contributed by atoms with Crippen LogP contribution < -0.4 is 0 Å². The Morgan fingerprint density at radius 3 is 1.67 bits per heavy atom. The minimum atomic E-state index is 0.512. The summed E-state index contributed by atoms with van der Waals surface area (Å²) in [5.74, 6) is 2.72. The summed E-state index contributed by atoms with van der Waals surface area (Å²) in [6.45, 7) is 9.41. The van der Waals surface area contributed by atoms with E-state index in [2.05, 4.69) is 39.5 Å². The van der Waals surface area contributed by atoms with Crippen molar-refractivity contribution in [3.8, 4) is 0 Å². The number of hydrogen-bond donors (Lipinski definition) is 0. The van der Waals surface area contributed by atoms with E-state index >= 15 is 0 Å². The van der Waals surface area contributed by atoms with Gasteiger partial charge in [0.1, 0.15) is 0 Å². The van der Waals surface area contributed by atoms with Gasteiger partial charge in [-0.1, -0.05) is 27.7 Å². The van der Waals surface area contributed by atoms with Gasteiger partial charge in [-0.15, -0.1) is 0 Å². The molecule has 0 radical (unpaired) electrons. The normalized spacial score (nSPS) is 25.3. The van der Waals surface area contributed by atoms with Gasteiger partial charge in [-0.05, 0) is 22.3 Å². The van der Waals surface area contributed by atoms with Gasteiger partial charge in [-0.2, -0.15) is 11.8 Å². The Morgan fingerprint density at radius 1 is 1.22 bits per heavy atom. The van der Waals surface area contributed by atoms with Gasteiger partial charge in [-0.25, -0.2) is 0 Å². The van der Waals surface area contributed by atoms with Crippen LogP contribution in [0.3, 0.4) is 0 Å². The lowest BCUT2D eigenvalue weighted by Crippen LogP contribution is -2.43. The Morgan fingerprint density at radius 2 is 1.67 bits per heavy atom. The van der Waals surface area contributed by atoms with Gasteiger partial charge in [0.25, 0.3) is 0 Å². The zero-order valence-corrected chi connectivity index (χ0v) is 7.64. The summed E-state index contributed by atoms with van der Waals surface area (Å²) >= 11 is 2.07. The monoisotopic (exact) mass is 144 g/mol. The zero-order chi connectivity index (χ0) is 7.12. The molecule has 1 aliphatic rings. The molecule has 0 bridgehead atoms. The second-order valence-corrected chi connectivity index (χ2v) is 5.29. The van der Waals surface area contributed by atoms with Crippen LogP contribution in [0.25, 0.3) is 0 Å². The fourth-order valence-corrected chi connectivity index (χ4v) is 2.52. The molecular formula is C8H16S. The van der Waals surface area contributed by atoms with Crippen LogP contribution >= 0.6 is 11.8 Å². The molecule has 0 aromatic carbocycles. The second kappa shape index (κ2) is 1.91. The van der Waals surface area contributed by atoms with E-state index < -0.39 is 0 Å². The van der Waals surface area contributed by atoms with Gasteiger partial charge in [0.2, 0.25) is 0 Å². The lowest BCUT2D eigenvalue weighted by molar-refractivity contribution is 0.154. The highest BCUT2D eigenvalue weighted by atomic mass is 32.2. The van der Waals surface area contributed by atoms with Gasteiger partial charge < -0.3 is 0 Å². The van der Waals surface area contributed by atoms with E-state index in [-0.39, 0.29) is 0 Å². The summed E-state index contributed by atoms with van der Waals surface area (Å²) in [5, 5.41) is 0. The van der Waals surface area contributed by atoms with Crippen LogP contribution in [0.5, 0.6) is 0 Å². The minimum Gasteiger partial charge on any atom is -0.161 e. The first kappa shape index (κ1) is 7.46. The SMILES string of the molecule is CC(C)(C)C1(C)CSC1. The average Bonchev–Trinajstić information content (AvgIpc) is 1.57. The molecule has 0 aliphatic carbocycles. The van der Waals surface area contributed by atoms with Gasteiger partial charge in [0, 0.05) is 0 Å². The smallest absolute Gasteiger partial charge is 0.0000320 e. The van der Waals surface area contributed by atoms with E-state index in [0.717, 1.165) is 0 Å². The zero-order valence-electron chi connectivity index (χ0n) is 6.82. The summed E-state index contributed by atoms with van der Waals surface area (Å²) in [6.07, 6.45) is 0. The highest BCUT2D eigenvalue weighted by Gasteiger charge is 2.42. The number of rotatable bonds is 0. The maximum Gasteiger partial charge on any atom is -0.0000320 e. The molecule has 54 valence electrons. The Labute approximate surface area is 62.4 Å². The fourth-order valence-electron chi connectivity index (χ4n) is 0.841. The number of thioether (sulfide) groups is 1. The number of hydrogen-bond acceptors (Lipinski definition) is 1. The van der Waals surface area contributed by atoms with Gasteiger partial charge in [0.15, 0.2) is 0 Å². The molecule has 0 saturated carbocycles. The first-order valence-corrected chi connectivity index (χ1v) is 4.69. The van der Waals surface area contributed by atoms with Crippen molar-refractivity contribution in [1.82, 2.24) is 0 Å². The molecule has 0 aromatic rings. The third-order valence-corrected chi connectivity index (χ3v) is 4.33. The highest BCUT2D eigenvalue weighted by molar-refractivity contribution is 8.00. The molecule has 1 fully saturated rings. The molecule has 1 aliphatic heterocycles. The van der Waals surface area contributed by atoms with Crippen molar-refractivity contribution in [3.63, 3.8) is 0 Å². The highest BCUT2D eigenvalue weighted by Crippen LogP contribution is 2.50. The maximum atomic E-state index is 2.39. The largest absolute Gasteiger partial charge is 0.161 e. The van der Waals surface area contributed by atoms with Crippen LogP contribution in [-0.4, -0.2) is 11.5 Å². The fraction of sp³-hybridized carbons (Fsp3) is 1.00. The van der Waals surface area contributed by atoms with Crippen molar-refractivity contribution in [2.75, 3.05) is 11.5 Å². The van der Waals surface area contributed by atoms with Crippen molar-refractivity contribution in [2.24, 2.45) is 10.8 Å². The van der Waals surface area contributed by atoms with Crippen LogP contribution in [0.2, 0.25) is 0 Å². The van der Waals surface area contributed by atoms with Crippen LogP contribution in [-0.2, 0) is 0 Å². The Bertz CT molecular complexity index is 106. The molecule has 0 aromatic heterocycles. The lowest BCUT2D eigenvalue weighted by Gasteiger charge is -2.48. The molecule has 0 unspecified atom stereocenters. The standard InChI is InChI=1S/C8H16S/c1-7(2,3)8(4)5-9-6-8/h5-6H2,1-4H3. The van der Waals surface area contributed by atoms with Crippen LogP contribution in [0.4, 0.5) is 0 Å². The van der Waals surface area contributed by atoms with Crippen LogP contribution in [0, 0.1) is 10.8 Å². The van der Waals surface area contributed by atoms with Crippen molar-refractivity contribution in [1.29, 1.82) is 0 Å². The molecule has 0 N–H and O–H groups in total. The Hall–Kier alpha value is 0.350. The van der Waals surface area contributed by atoms with Crippen molar-refractivity contribution in [3.05, 3.63) is 0 Å². The Balaban J connectivity index is 2.59. The maximum absolute atomic E-state index is 2.39. The second-order valence-electron chi connectivity index (χ2n) is 4.30. The third-order valence-electron chi connectivity index (χ3n) is 2.65. The predicted molar refractivity (Wildman–Crippen MR) is 44.9 cm³/mol. The topological polar surface area (TPSA) is 0 Å². The summed E-state index contributed by atoms with van der Waals surface area (Å²) in [5.41, 5.74) is 1.13. The molecule has 1 rings (SSSR count). The van der Waals surface area contributed by atoms with Gasteiger partial charge in [-0.3, -0.25) is 0 Å². The lowest BCUT2D eigenvalue weighted by atomic mass is 9.70. The van der Waals surface area contributed by atoms with E-state index in [4.69, 9.17) is 0 Å².